The van der Waals surface area contributed by atoms with E-state index in [1.54, 1.807) is 30.5 Å². The van der Waals surface area contributed by atoms with E-state index >= 15 is 0 Å². The molecule has 0 saturated heterocycles. The average molecular weight is 325 g/mol. The van der Waals surface area contributed by atoms with Crippen LogP contribution >= 0.6 is 11.3 Å². The molecule has 0 radical (unpaired) electrons. The molecule has 1 unspecified atom stereocenters. The lowest BCUT2D eigenvalue weighted by molar-refractivity contribution is 0.566. The van der Waals surface area contributed by atoms with Gasteiger partial charge in [0.2, 0.25) is 10.0 Å². The maximum atomic E-state index is 12.4. The number of hydrogen-bond acceptors (Lipinski definition) is 5. The van der Waals surface area contributed by atoms with E-state index in [2.05, 4.69) is 15.0 Å². The number of anilines is 1. The third-order valence-electron chi connectivity index (χ3n) is 3.18. The fraction of sp³-hybridized carbons (Fsp3) is 0.357. The summed E-state index contributed by atoms with van der Waals surface area (Å²) in [6, 6.07) is 4.93. The summed E-state index contributed by atoms with van der Waals surface area (Å²) in [5.41, 5.74) is 1.01. The molecule has 2 aromatic heterocycles. The van der Waals surface area contributed by atoms with Crippen molar-refractivity contribution in [3.8, 4) is 0 Å². The highest BCUT2D eigenvalue weighted by atomic mass is 32.2. The fourth-order valence-electron chi connectivity index (χ4n) is 2.13. The number of sulfonamides is 1. The quantitative estimate of drug-likeness (QED) is 0.887. The molecular formula is C14H19N3O2S2. The molecule has 0 aromatic carbocycles. The monoisotopic (exact) mass is 325 g/mol. The molecule has 114 valence electrons. The Labute approximate surface area is 129 Å². The maximum absolute atomic E-state index is 12.4. The van der Waals surface area contributed by atoms with E-state index in [1.807, 2.05) is 26.8 Å². The third-order valence-corrected chi connectivity index (χ3v) is 5.69. The highest BCUT2D eigenvalue weighted by molar-refractivity contribution is 7.89. The van der Waals surface area contributed by atoms with Crippen LogP contribution in [0.5, 0.6) is 0 Å². The van der Waals surface area contributed by atoms with Gasteiger partial charge in [-0.1, -0.05) is 0 Å². The minimum atomic E-state index is -3.58. The van der Waals surface area contributed by atoms with E-state index in [0.29, 0.717) is 5.82 Å². The van der Waals surface area contributed by atoms with Crippen molar-refractivity contribution in [1.82, 2.24) is 9.71 Å². The molecule has 7 heteroatoms. The van der Waals surface area contributed by atoms with E-state index in [-0.39, 0.29) is 10.9 Å². The first-order valence-electron chi connectivity index (χ1n) is 6.56. The zero-order chi connectivity index (χ0) is 15.6. The van der Waals surface area contributed by atoms with Gasteiger partial charge in [-0.3, -0.25) is 0 Å². The van der Waals surface area contributed by atoms with Gasteiger partial charge >= 0.3 is 0 Å². The minimum Gasteiger partial charge on any atom is -0.373 e. The highest BCUT2D eigenvalue weighted by Crippen LogP contribution is 2.27. The van der Waals surface area contributed by atoms with Crippen LogP contribution < -0.4 is 10.0 Å². The van der Waals surface area contributed by atoms with E-state index in [0.717, 1.165) is 10.4 Å². The van der Waals surface area contributed by atoms with Crippen LogP contribution in [-0.4, -0.2) is 20.4 Å². The molecule has 2 heterocycles. The summed E-state index contributed by atoms with van der Waals surface area (Å²) in [5, 5.41) is 2.86. The molecule has 0 aliphatic rings. The zero-order valence-electron chi connectivity index (χ0n) is 12.5. The summed E-state index contributed by atoms with van der Waals surface area (Å²) in [6.07, 6.45) is 1.35. The van der Waals surface area contributed by atoms with Gasteiger partial charge in [0, 0.05) is 29.0 Å². The van der Waals surface area contributed by atoms with Gasteiger partial charge < -0.3 is 5.32 Å². The van der Waals surface area contributed by atoms with E-state index in [1.165, 1.54) is 11.1 Å². The first-order valence-corrected chi connectivity index (χ1v) is 8.86. The van der Waals surface area contributed by atoms with Crippen LogP contribution in [-0.2, 0) is 10.0 Å². The van der Waals surface area contributed by atoms with Crippen LogP contribution in [0.1, 0.15) is 28.3 Å². The Balaban J connectivity index is 2.22. The maximum Gasteiger partial charge on any atom is 0.242 e. The van der Waals surface area contributed by atoms with Gasteiger partial charge in [0.05, 0.1) is 0 Å². The summed E-state index contributed by atoms with van der Waals surface area (Å²) in [4.78, 5) is 6.51. The Bertz CT molecular complexity index is 721. The molecule has 0 amide bonds. The summed E-state index contributed by atoms with van der Waals surface area (Å²) >= 11 is 1.67. The van der Waals surface area contributed by atoms with Crippen LogP contribution in [0.3, 0.4) is 0 Å². The lowest BCUT2D eigenvalue weighted by Crippen LogP contribution is -2.27. The Morgan fingerprint density at radius 2 is 2.00 bits per heavy atom. The highest BCUT2D eigenvalue weighted by Gasteiger charge is 2.20. The molecule has 0 saturated carbocycles. The molecule has 2 N–H and O–H groups in total. The Kier molecular flexibility index (Phi) is 4.65. The van der Waals surface area contributed by atoms with E-state index in [4.69, 9.17) is 0 Å². The second kappa shape index (κ2) is 6.13. The van der Waals surface area contributed by atoms with Crippen molar-refractivity contribution in [1.29, 1.82) is 0 Å². The Morgan fingerprint density at radius 3 is 2.48 bits per heavy atom. The molecule has 2 rings (SSSR count). The second-order valence-corrected chi connectivity index (χ2v) is 8.02. The first-order chi connectivity index (χ1) is 9.83. The van der Waals surface area contributed by atoms with Gasteiger partial charge in [-0.15, -0.1) is 11.3 Å². The normalized spacial score (nSPS) is 13.1. The van der Waals surface area contributed by atoms with Gasteiger partial charge in [0.1, 0.15) is 10.7 Å². The van der Waals surface area contributed by atoms with Gasteiger partial charge in [0.25, 0.3) is 0 Å². The predicted octanol–water partition coefficient (Wildman–Crippen LogP) is 2.84. The Morgan fingerprint density at radius 1 is 1.29 bits per heavy atom. The van der Waals surface area contributed by atoms with Gasteiger partial charge in [0.15, 0.2) is 0 Å². The topological polar surface area (TPSA) is 71.1 Å². The second-order valence-electron chi connectivity index (χ2n) is 4.84. The molecule has 0 aliphatic heterocycles. The van der Waals surface area contributed by atoms with Crippen molar-refractivity contribution in [3.63, 3.8) is 0 Å². The zero-order valence-corrected chi connectivity index (χ0v) is 14.1. The summed E-state index contributed by atoms with van der Waals surface area (Å²) in [7, 11) is -1.84. The molecule has 0 fully saturated rings. The van der Waals surface area contributed by atoms with Gasteiger partial charge in [-0.05, 0) is 44.5 Å². The standard InChI is InChI=1S/C14H19N3O2S2/c1-9-7-13(11(3)20-9)10(2)17-21(18,19)12-5-6-14(15-4)16-8-12/h5-8,10,17H,1-4H3,(H,15,16). The molecule has 1 atom stereocenters. The number of nitrogens with one attached hydrogen (secondary N) is 2. The molecular weight excluding hydrogens is 306 g/mol. The Hall–Kier alpha value is -1.44. The van der Waals surface area contributed by atoms with Crippen molar-refractivity contribution in [2.24, 2.45) is 0 Å². The molecule has 2 aromatic rings. The molecule has 21 heavy (non-hydrogen) atoms. The van der Waals surface area contributed by atoms with Crippen molar-refractivity contribution in [2.75, 3.05) is 12.4 Å². The number of nitrogens with zero attached hydrogens (tertiary/aromatic N) is 1. The number of aromatic nitrogens is 1. The fourth-order valence-corrected chi connectivity index (χ4v) is 4.32. The van der Waals surface area contributed by atoms with Gasteiger partial charge in [-0.25, -0.2) is 18.1 Å². The smallest absolute Gasteiger partial charge is 0.242 e. The third kappa shape index (κ3) is 3.61. The van der Waals surface area contributed by atoms with Gasteiger partial charge in [-0.2, -0.15) is 0 Å². The summed E-state index contributed by atoms with van der Waals surface area (Å²) in [5.74, 6) is 0.631. The molecule has 0 spiro atoms. The van der Waals surface area contributed by atoms with Crippen molar-refractivity contribution >= 4 is 27.2 Å². The number of hydrogen-bond donors (Lipinski definition) is 2. The SMILES string of the molecule is CNc1ccc(S(=O)(=O)NC(C)c2cc(C)sc2C)cn1. The van der Waals surface area contributed by atoms with Crippen molar-refractivity contribution in [3.05, 3.63) is 39.7 Å². The summed E-state index contributed by atoms with van der Waals surface area (Å²) < 4.78 is 27.4. The first kappa shape index (κ1) is 15.9. The van der Waals surface area contributed by atoms with E-state index < -0.39 is 10.0 Å². The molecule has 0 aliphatic carbocycles. The number of thiophene rings is 1. The van der Waals surface area contributed by atoms with Crippen LogP contribution in [0.2, 0.25) is 0 Å². The molecule has 0 bridgehead atoms. The van der Waals surface area contributed by atoms with Crippen LogP contribution in [0.4, 0.5) is 5.82 Å². The largest absolute Gasteiger partial charge is 0.373 e. The lowest BCUT2D eigenvalue weighted by Gasteiger charge is -2.14. The van der Waals surface area contributed by atoms with Crippen LogP contribution in [0.25, 0.3) is 0 Å². The number of aryl methyl sites for hydroxylation is 2. The van der Waals surface area contributed by atoms with Crippen molar-refractivity contribution in [2.45, 2.75) is 31.7 Å². The van der Waals surface area contributed by atoms with Crippen LogP contribution in [0, 0.1) is 13.8 Å². The lowest BCUT2D eigenvalue weighted by atomic mass is 10.1. The van der Waals surface area contributed by atoms with Crippen molar-refractivity contribution < 1.29 is 8.42 Å². The molecule has 5 nitrogen and oxygen atoms in total. The average Bonchev–Trinajstić information content (AvgIpc) is 2.77. The van der Waals surface area contributed by atoms with Crippen LogP contribution in [0.15, 0.2) is 29.3 Å². The predicted molar refractivity (Wildman–Crippen MR) is 86.3 cm³/mol. The minimum absolute atomic E-state index is 0.165. The number of rotatable bonds is 5. The number of pyridine rings is 1. The summed E-state index contributed by atoms with van der Waals surface area (Å²) in [6.45, 7) is 5.87. The van der Waals surface area contributed by atoms with E-state index in [9.17, 15) is 8.42 Å².